The van der Waals surface area contributed by atoms with Gasteiger partial charge in [-0.15, -0.1) is 0 Å². The van der Waals surface area contributed by atoms with E-state index in [4.69, 9.17) is 15.2 Å². The first-order valence-electron chi connectivity index (χ1n) is 5.32. The number of nitrogens with two attached hydrogens (primary N) is 1. The maximum atomic E-state index is 11.5. The largest absolute Gasteiger partial charge is 0.454 e. The van der Waals surface area contributed by atoms with E-state index in [9.17, 15) is 8.42 Å². The van der Waals surface area contributed by atoms with Crippen LogP contribution in [0.1, 0.15) is 11.5 Å². The maximum absolute atomic E-state index is 11.5. The minimum absolute atomic E-state index is 0.125. The number of hydrogen-bond donors (Lipinski definition) is 1. The minimum atomic E-state index is -3.09. The quantitative estimate of drug-likeness (QED) is 0.819. The molecule has 1 heterocycles. The van der Waals surface area contributed by atoms with E-state index in [2.05, 4.69) is 0 Å². The molecule has 0 unspecified atom stereocenters. The lowest BCUT2D eigenvalue weighted by atomic mass is 10.1. The van der Waals surface area contributed by atoms with Crippen molar-refractivity contribution in [2.45, 2.75) is 17.2 Å². The van der Waals surface area contributed by atoms with Crippen molar-refractivity contribution in [1.29, 1.82) is 0 Å². The maximum Gasteiger partial charge on any atom is 0.231 e. The summed E-state index contributed by atoms with van der Waals surface area (Å²) in [5.74, 6) is 1.23. The molecule has 1 saturated carbocycles. The summed E-state index contributed by atoms with van der Waals surface area (Å²) in [7, 11) is -3.09. The first kappa shape index (κ1) is 10.9. The molecule has 0 bridgehead atoms. The Morgan fingerprint density at radius 2 is 2.00 bits per heavy atom. The van der Waals surface area contributed by atoms with Crippen LogP contribution in [0, 0.1) is 0 Å². The first-order valence-corrected chi connectivity index (χ1v) is 7.28. The van der Waals surface area contributed by atoms with Gasteiger partial charge in [-0.1, -0.05) is 6.07 Å². The molecule has 1 fully saturated rings. The number of fused-ring (bicyclic) bond motifs is 1. The Labute approximate surface area is 99.4 Å². The van der Waals surface area contributed by atoms with Crippen molar-refractivity contribution in [3.8, 4) is 11.5 Å². The number of benzene rings is 1. The van der Waals surface area contributed by atoms with Crippen molar-refractivity contribution in [3.63, 3.8) is 0 Å². The fraction of sp³-hybridized carbons (Fsp3) is 0.455. The van der Waals surface area contributed by atoms with Gasteiger partial charge in [0.1, 0.15) is 0 Å². The molecule has 17 heavy (non-hydrogen) atoms. The first-order chi connectivity index (χ1) is 7.98. The van der Waals surface area contributed by atoms with Gasteiger partial charge in [-0.2, -0.15) is 0 Å². The van der Waals surface area contributed by atoms with Crippen LogP contribution in [0.15, 0.2) is 18.2 Å². The van der Waals surface area contributed by atoms with Crippen molar-refractivity contribution in [3.05, 3.63) is 23.8 Å². The topological polar surface area (TPSA) is 78.6 Å². The molecule has 5 nitrogen and oxygen atoms in total. The Bertz CT molecular complexity index is 569. The second-order valence-corrected chi connectivity index (χ2v) is 6.71. The van der Waals surface area contributed by atoms with Crippen molar-refractivity contribution in [1.82, 2.24) is 0 Å². The highest BCUT2D eigenvalue weighted by molar-refractivity contribution is 7.91. The molecule has 2 N–H and O–H groups in total. The third-order valence-electron chi connectivity index (χ3n) is 3.28. The summed E-state index contributed by atoms with van der Waals surface area (Å²) in [6.45, 7) is 0.213. The van der Waals surface area contributed by atoms with E-state index >= 15 is 0 Å². The molecule has 0 amide bonds. The monoisotopic (exact) mass is 255 g/mol. The fourth-order valence-corrected chi connectivity index (χ4v) is 3.91. The van der Waals surface area contributed by atoms with Crippen LogP contribution in [0.5, 0.6) is 11.5 Å². The number of rotatable bonds is 2. The van der Waals surface area contributed by atoms with Crippen LogP contribution in [0.25, 0.3) is 0 Å². The second kappa shape index (κ2) is 3.36. The highest BCUT2D eigenvalue weighted by Crippen LogP contribution is 2.47. The Morgan fingerprint density at radius 1 is 1.29 bits per heavy atom. The number of sulfone groups is 1. The lowest BCUT2D eigenvalue weighted by Gasteiger charge is -2.01. The fourth-order valence-electron chi connectivity index (χ4n) is 2.39. The van der Waals surface area contributed by atoms with Crippen LogP contribution < -0.4 is 15.2 Å². The van der Waals surface area contributed by atoms with E-state index in [1.165, 1.54) is 6.26 Å². The normalized spacial score (nSPS) is 30.4. The summed E-state index contributed by atoms with van der Waals surface area (Å²) in [5.41, 5.74) is 6.72. The summed E-state index contributed by atoms with van der Waals surface area (Å²) in [5, 5.41) is -0.470. The highest BCUT2D eigenvalue weighted by atomic mass is 32.2. The average molecular weight is 255 g/mol. The van der Waals surface area contributed by atoms with E-state index in [0.29, 0.717) is 11.5 Å². The van der Waals surface area contributed by atoms with Gasteiger partial charge < -0.3 is 15.2 Å². The van der Waals surface area contributed by atoms with Gasteiger partial charge in [-0.25, -0.2) is 8.42 Å². The molecule has 6 heteroatoms. The zero-order valence-corrected chi connectivity index (χ0v) is 10.1. The molecule has 0 saturated heterocycles. The zero-order chi connectivity index (χ0) is 12.2. The van der Waals surface area contributed by atoms with Crippen molar-refractivity contribution in [2.24, 2.45) is 5.73 Å². The predicted octanol–water partition coefficient (Wildman–Crippen LogP) is 0.253. The highest BCUT2D eigenvalue weighted by Gasteiger charge is 2.55. The molecule has 3 atom stereocenters. The smallest absolute Gasteiger partial charge is 0.231 e. The van der Waals surface area contributed by atoms with E-state index in [0.717, 1.165) is 5.56 Å². The molecular formula is C11H13NO4S. The molecule has 1 aliphatic carbocycles. The third-order valence-corrected chi connectivity index (χ3v) is 4.88. The standard InChI is InChI=1S/C11H13NO4S/c1-17(13,14)11-9(10(11)12)6-2-3-7-8(4-6)16-5-15-7/h2-4,9-11H,5,12H2,1H3/t9-,10+,11+/m0/s1. The Kier molecular flexibility index (Phi) is 2.15. The van der Waals surface area contributed by atoms with Gasteiger partial charge in [0.25, 0.3) is 0 Å². The average Bonchev–Trinajstić information content (AvgIpc) is 2.73. The van der Waals surface area contributed by atoms with E-state index in [1.54, 1.807) is 6.07 Å². The Morgan fingerprint density at radius 3 is 2.65 bits per heavy atom. The summed E-state index contributed by atoms with van der Waals surface area (Å²) in [4.78, 5) is 0. The van der Waals surface area contributed by atoms with Crippen LogP contribution >= 0.6 is 0 Å². The van der Waals surface area contributed by atoms with Gasteiger partial charge in [0.2, 0.25) is 6.79 Å². The molecular weight excluding hydrogens is 242 g/mol. The molecule has 92 valence electrons. The van der Waals surface area contributed by atoms with E-state index in [-0.39, 0.29) is 18.8 Å². The van der Waals surface area contributed by atoms with Crippen LogP contribution in [0.2, 0.25) is 0 Å². The Hall–Kier alpha value is -1.27. The summed E-state index contributed by atoms with van der Waals surface area (Å²) < 4.78 is 33.4. The molecule has 1 aromatic carbocycles. The summed E-state index contributed by atoms with van der Waals surface area (Å²) >= 11 is 0. The van der Waals surface area contributed by atoms with Gasteiger partial charge >= 0.3 is 0 Å². The van der Waals surface area contributed by atoms with Gasteiger partial charge in [-0.3, -0.25) is 0 Å². The lowest BCUT2D eigenvalue weighted by Crippen LogP contribution is -2.13. The minimum Gasteiger partial charge on any atom is -0.454 e. The van der Waals surface area contributed by atoms with Crippen molar-refractivity contribution >= 4 is 9.84 Å². The zero-order valence-electron chi connectivity index (χ0n) is 9.29. The molecule has 0 radical (unpaired) electrons. The van der Waals surface area contributed by atoms with Crippen LogP contribution in [-0.4, -0.2) is 32.8 Å². The SMILES string of the molecule is CS(=O)(=O)[C@H]1[C@H](N)[C@@H]1c1ccc2c(c1)OCO2. The van der Waals surface area contributed by atoms with Crippen molar-refractivity contribution in [2.75, 3.05) is 13.0 Å². The van der Waals surface area contributed by atoms with Gasteiger partial charge in [0, 0.05) is 18.2 Å². The summed E-state index contributed by atoms with van der Waals surface area (Å²) in [6, 6.07) is 5.15. The van der Waals surface area contributed by atoms with Crippen LogP contribution in [-0.2, 0) is 9.84 Å². The van der Waals surface area contributed by atoms with Crippen LogP contribution in [0.4, 0.5) is 0 Å². The number of hydrogen-bond acceptors (Lipinski definition) is 5. The van der Waals surface area contributed by atoms with Gasteiger partial charge in [-0.05, 0) is 17.7 Å². The number of ether oxygens (including phenoxy) is 2. The second-order valence-electron chi connectivity index (χ2n) is 4.51. The Balaban J connectivity index is 1.92. The van der Waals surface area contributed by atoms with E-state index in [1.807, 2.05) is 12.1 Å². The molecule has 3 rings (SSSR count). The molecule has 0 aromatic heterocycles. The molecule has 1 aliphatic heterocycles. The van der Waals surface area contributed by atoms with Crippen molar-refractivity contribution < 1.29 is 17.9 Å². The van der Waals surface area contributed by atoms with Gasteiger partial charge in [0.05, 0.1) is 5.25 Å². The third kappa shape index (κ3) is 1.68. The summed E-state index contributed by atoms with van der Waals surface area (Å²) in [6.07, 6.45) is 1.23. The van der Waals surface area contributed by atoms with Gasteiger partial charge in [0.15, 0.2) is 21.3 Å². The molecule has 2 aliphatic rings. The predicted molar refractivity (Wildman–Crippen MR) is 61.9 cm³/mol. The van der Waals surface area contributed by atoms with E-state index < -0.39 is 15.1 Å². The molecule has 0 spiro atoms. The lowest BCUT2D eigenvalue weighted by molar-refractivity contribution is 0.174. The van der Waals surface area contributed by atoms with Crippen LogP contribution in [0.3, 0.4) is 0 Å². The molecule has 1 aromatic rings.